The first-order chi connectivity index (χ1) is 6.59. The maximum absolute atomic E-state index is 13.4. The molecule has 0 bridgehead atoms. The summed E-state index contributed by atoms with van der Waals surface area (Å²) in [5.74, 6) is -0.351. The van der Waals surface area contributed by atoms with Crippen molar-refractivity contribution in [3.63, 3.8) is 0 Å². The summed E-state index contributed by atoms with van der Waals surface area (Å²) in [7, 11) is 0. The zero-order valence-corrected chi connectivity index (χ0v) is 8.97. The highest BCUT2D eigenvalue weighted by Gasteiger charge is 2.08. The van der Waals surface area contributed by atoms with E-state index in [2.05, 4.69) is 20.9 Å². The molecule has 2 aromatic rings. The molecule has 0 aliphatic rings. The van der Waals surface area contributed by atoms with Crippen LogP contribution in [0.3, 0.4) is 0 Å². The van der Waals surface area contributed by atoms with E-state index in [1.54, 1.807) is 0 Å². The fraction of sp³-hybridized carbons (Fsp3) is 0.100. The molecule has 0 radical (unpaired) electrons. The Labute approximate surface area is 88.5 Å². The van der Waals surface area contributed by atoms with E-state index in [4.69, 9.17) is 0 Å². The summed E-state index contributed by atoms with van der Waals surface area (Å²) in [6.45, 7) is 1.84. The number of aromatic nitrogens is 1. The third kappa shape index (κ3) is 1.35. The number of aryl methyl sites for hydroxylation is 1. The van der Waals surface area contributed by atoms with Gasteiger partial charge >= 0.3 is 0 Å². The molecule has 0 spiro atoms. The Balaban J connectivity index is 2.95. The van der Waals surface area contributed by atoms with E-state index in [-0.39, 0.29) is 11.3 Å². The van der Waals surface area contributed by atoms with Crippen molar-refractivity contribution >= 4 is 26.8 Å². The van der Waals surface area contributed by atoms with Gasteiger partial charge in [0.05, 0.1) is 6.20 Å². The van der Waals surface area contributed by atoms with Crippen molar-refractivity contribution < 1.29 is 9.50 Å². The Kier molecular flexibility index (Phi) is 2.15. The molecule has 0 amide bonds. The summed E-state index contributed by atoms with van der Waals surface area (Å²) in [6, 6.07) is 2.88. The van der Waals surface area contributed by atoms with Crippen molar-refractivity contribution in [3.05, 3.63) is 34.2 Å². The highest BCUT2D eigenvalue weighted by atomic mass is 79.9. The number of benzene rings is 1. The largest absolute Gasteiger partial charge is 0.506 e. The number of rotatable bonds is 0. The fourth-order valence-corrected chi connectivity index (χ4v) is 1.76. The van der Waals surface area contributed by atoms with Gasteiger partial charge in [-0.15, -0.1) is 0 Å². The minimum Gasteiger partial charge on any atom is -0.506 e. The molecule has 0 aliphatic carbocycles. The van der Waals surface area contributed by atoms with Crippen LogP contribution in [-0.4, -0.2) is 10.1 Å². The van der Waals surface area contributed by atoms with E-state index in [1.165, 1.54) is 18.3 Å². The second-order valence-corrected chi connectivity index (χ2v) is 3.91. The Bertz CT molecular complexity index is 513. The van der Waals surface area contributed by atoms with Crippen LogP contribution in [0.4, 0.5) is 4.39 Å². The van der Waals surface area contributed by atoms with Crippen molar-refractivity contribution in [2.45, 2.75) is 6.92 Å². The third-order valence-corrected chi connectivity index (χ3v) is 2.94. The standard InChI is InChI=1S/C10H7BrFNO/c1-5-7-2-6(14)4-13-10(7)9(12)3-8(5)11/h2-4,14H,1H3. The topological polar surface area (TPSA) is 33.1 Å². The Morgan fingerprint density at radius 2 is 2.14 bits per heavy atom. The Morgan fingerprint density at radius 3 is 2.86 bits per heavy atom. The van der Waals surface area contributed by atoms with E-state index in [1.807, 2.05) is 6.92 Å². The summed E-state index contributed by atoms with van der Waals surface area (Å²) in [4.78, 5) is 3.84. The van der Waals surface area contributed by atoms with Crippen molar-refractivity contribution in [2.75, 3.05) is 0 Å². The maximum atomic E-state index is 13.4. The van der Waals surface area contributed by atoms with E-state index in [0.717, 1.165) is 5.56 Å². The third-order valence-electron chi connectivity index (χ3n) is 2.12. The molecule has 14 heavy (non-hydrogen) atoms. The average molecular weight is 256 g/mol. The van der Waals surface area contributed by atoms with Gasteiger partial charge in [-0.3, -0.25) is 0 Å². The van der Waals surface area contributed by atoms with Crippen LogP contribution in [0.15, 0.2) is 22.8 Å². The zero-order chi connectivity index (χ0) is 10.3. The summed E-state index contributed by atoms with van der Waals surface area (Å²) >= 11 is 3.24. The van der Waals surface area contributed by atoms with Crippen LogP contribution in [0.2, 0.25) is 0 Å². The van der Waals surface area contributed by atoms with Gasteiger partial charge in [0.1, 0.15) is 11.3 Å². The van der Waals surface area contributed by atoms with Crippen LogP contribution < -0.4 is 0 Å². The second kappa shape index (κ2) is 3.20. The van der Waals surface area contributed by atoms with Gasteiger partial charge < -0.3 is 5.11 Å². The average Bonchev–Trinajstić information content (AvgIpc) is 2.14. The quantitative estimate of drug-likeness (QED) is 0.785. The molecule has 0 aliphatic heterocycles. The number of fused-ring (bicyclic) bond motifs is 1. The smallest absolute Gasteiger partial charge is 0.150 e. The molecule has 1 aromatic carbocycles. The van der Waals surface area contributed by atoms with Gasteiger partial charge in [-0.2, -0.15) is 0 Å². The van der Waals surface area contributed by atoms with Gasteiger partial charge in [-0.25, -0.2) is 9.37 Å². The molecule has 0 atom stereocenters. The van der Waals surface area contributed by atoms with Gasteiger partial charge in [-0.1, -0.05) is 15.9 Å². The highest BCUT2D eigenvalue weighted by molar-refractivity contribution is 9.10. The molecular weight excluding hydrogens is 249 g/mol. The Hall–Kier alpha value is -1.16. The van der Waals surface area contributed by atoms with E-state index >= 15 is 0 Å². The molecule has 1 aromatic heterocycles. The lowest BCUT2D eigenvalue weighted by Crippen LogP contribution is -1.88. The molecule has 0 unspecified atom stereocenters. The predicted molar refractivity (Wildman–Crippen MR) is 55.8 cm³/mol. The minimum absolute atomic E-state index is 0.0399. The highest BCUT2D eigenvalue weighted by Crippen LogP contribution is 2.28. The SMILES string of the molecule is Cc1c(Br)cc(F)c2ncc(O)cc12. The van der Waals surface area contributed by atoms with Crippen LogP contribution in [0.1, 0.15) is 5.56 Å². The monoisotopic (exact) mass is 255 g/mol. The molecule has 2 rings (SSSR count). The van der Waals surface area contributed by atoms with Gasteiger partial charge in [0, 0.05) is 9.86 Å². The number of pyridine rings is 1. The normalized spacial score (nSPS) is 10.8. The van der Waals surface area contributed by atoms with E-state index < -0.39 is 5.82 Å². The van der Waals surface area contributed by atoms with Crippen LogP contribution in [-0.2, 0) is 0 Å². The second-order valence-electron chi connectivity index (χ2n) is 3.05. The van der Waals surface area contributed by atoms with Gasteiger partial charge in [0.2, 0.25) is 0 Å². The summed E-state index contributed by atoms with van der Waals surface area (Å²) in [6.07, 6.45) is 1.23. The van der Waals surface area contributed by atoms with Crippen LogP contribution in [0.5, 0.6) is 5.75 Å². The molecule has 0 saturated heterocycles. The number of hydrogen-bond acceptors (Lipinski definition) is 2. The maximum Gasteiger partial charge on any atom is 0.150 e. The molecule has 72 valence electrons. The molecule has 4 heteroatoms. The molecule has 1 heterocycles. The van der Waals surface area contributed by atoms with E-state index in [9.17, 15) is 9.50 Å². The molecule has 0 saturated carbocycles. The first-order valence-electron chi connectivity index (χ1n) is 4.03. The van der Waals surface area contributed by atoms with Crippen molar-refractivity contribution in [1.82, 2.24) is 4.98 Å². The molecule has 0 fully saturated rings. The lowest BCUT2D eigenvalue weighted by Gasteiger charge is -2.05. The van der Waals surface area contributed by atoms with Gasteiger partial charge in [0.15, 0.2) is 5.82 Å². The van der Waals surface area contributed by atoms with Gasteiger partial charge in [0.25, 0.3) is 0 Å². The van der Waals surface area contributed by atoms with Gasteiger partial charge in [-0.05, 0) is 24.6 Å². The Morgan fingerprint density at radius 1 is 1.43 bits per heavy atom. The molecule has 2 nitrogen and oxygen atoms in total. The van der Waals surface area contributed by atoms with Crippen LogP contribution in [0, 0.1) is 12.7 Å². The first kappa shape index (κ1) is 9.40. The van der Waals surface area contributed by atoms with Crippen molar-refractivity contribution in [3.8, 4) is 5.75 Å². The van der Waals surface area contributed by atoms with Crippen molar-refractivity contribution in [1.29, 1.82) is 0 Å². The minimum atomic E-state index is -0.391. The summed E-state index contributed by atoms with van der Waals surface area (Å²) in [5.41, 5.74) is 1.15. The van der Waals surface area contributed by atoms with E-state index in [0.29, 0.717) is 9.86 Å². The summed E-state index contributed by atoms with van der Waals surface area (Å²) in [5, 5.41) is 9.86. The number of halogens is 2. The molecular formula is C10H7BrFNO. The van der Waals surface area contributed by atoms with Crippen LogP contribution in [0.25, 0.3) is 10.9 Å². The fourth-order valence-electron chi connectivity index (χ4n) is 1.35. The predicted octanol–water partition coefficient (Wildman–Crippen LogP) is 3.15. The lowest BCUT2D eigenvalue weighted by atomic mass is 10.1. The molecule has 1 N–H and O–H groups in total. The van der Waals surface area contributed by atoms with Crippen molar-refractivity contribution in [2.24, 2.45) is 0 Å². The number of nitrogens with zero attached hydrogens (tertiary/aromatic N) is 1. The summed E-state index contributed by atoms with van der Waals surface area (Å²) < 4.78 is 14.1. The zero-order valence-electron chi connectivity index (χ0n) is 7.38. The number of aromatic hydroxyl groups is 1. The van der Waals surface area contributed by atoms with Crippen LogP contribution >= 0.6 is 15.9 Å². The lowest BCUT2D eigenvalue weighted by molar-refractivity contribution is 0.473. The first-order valence-corrected chi connectivity index (χ1v) is 4.82. The number of hydrogen-bond donors (Lipinski definition) is 1.